The van der Waals surface area contributed by atoms with Crippen molar-refractivity contribution < 1.29 is 19.7 Å². The minimum absolute atomic E-state index is 0.159. The van der Waals surface area contributed by atoms with Gasteiger partial charge in [0.1, 0.15) is 18.0 Å². The zero-order valence-electron chi connectivity index (χ0n) is 19.3. The molecule has 2 heterocycles. The molecular formula is C26H36N2O4. The molecule has 2 aliphatic heterocycles. The van der Waals surface area contributed by atoms with Gasteiger partial charge in [0.25, 0.3) is 0 Å². The van der Waals surface area contributed by atoms with Crippen LogP contribution in [0.4, 0.5) is 5.69 Å². The molecule has 0 aliphatic carbocycles. The quantitative estimate of drug-likeness (QED) is 0.720. The van der Waals surface area contributed by atoms with Crippen LogP contribution in [0.15, 0.2) is 48.5 Å². The van der Waals surface area contributed by atoms with E-state index < -0.39 is 11.2 Å². The molecule has 6 nitrogen and oxygen atoms in total. The summed E-state index contributed by atoms with van der Waals surface area (Å²) >= 11 is 0. The fraction of sp³-hybridized carbons (Fsp3) is 0.538. The molecule has 2 aromatic carbocycles. The number of anilines is 1. The lowest BCUT2D eigenvalue weighted by Gasteiger charge is -2.42. The van der Waals surface area contributed by atoms with Gasteiger partial charge in [0.2, 0.25) is 0 Å². The second-order valence-electron chi connectivity index (χ2n) is 9.64. The number of nitrogens with zero attached hydrogens (tertiary/aromatic N) is 2. The fourth-order valence-corrected chi connectivity index (χ4v) is 4.65. The van der Waals surface area contributed by atoms with Crippen LogP contribution in [0.1, 0.15) is 24.0 Å². The molecular weight excluding hydrogens is 404 g/mol. The number of hydrogen-bond acceptors (Lipinski definition) is 6. The Bertz CT molecular complexity index is 880. The Labute approximate surface area is 191 Å². The molecule has 174 valence electrons. The van der Waals surface area contributed by atoms with E-state index in [4.69, 9.17) is 9.47 Å². The normalized spacial score (nSPS) is 24.2. The van der Waals surface area contributed by atoms with Crippen LogP contribution in [-0.2, 0) is 4.74 Å². The predicted molar refractivity (Wildman–Crippen MR) is 126 cm³/mol. The number of ether oxygens (including phenoxy) is 2. The average molecular weight is 441 g/mol. The number of aliphatic hydroxyl groups is 2. The maximum Gasteiger partial charge on any atom is 0.134 e. The summed E-state index contributed by atoms with van der Waals surface area (Å²) in [4.78, 5) is 4.47. The summed E-state index contributed by atoms with van der Waals surface area (Å²) in [6.45, 7) is 8.33. The van der Waals surface area contributed by atoms with Crippen molar-refractivity contribution in [3.63, 3.8) is 0 Å². The van der Waals surface area contributed by atoms with Crippen LogP contribution in [0.25, 0.3) is 0 Å². The van der Waals surface area contributed by atoms with Crippen LogP contribution in [0, 0.1) is 13.8 Å². The Kier molecular flexibility index (Phi) is 7.05. The second-order valence-corrected chi connectivity index (χ2v) is 9.64. The van der Waals surface area contributed by atoms with Gasteiger partial charge >= 0.3 is 0 Å². The van der Waals surface area contributed by atoms with E-state index in [-0.39, 0.29) is 13.2 Å². The van der Waals surface area contributed by atoms with E-state index in [9.17, 15) is 10.2 Å². The number of β-amino-alcohol motifs (C(OH)–C–C–N with tert-alkyl or cyclic N) is 2. The van der Waals surface area contributed by atoms with E-state index in [1.807, 2.05) is 31.2 Å². The highest BCUT2D eigenvalue weighted by atomic mass is 16.5. The van der Waals surface area contributed by atoms with Crippen molar-refractivity contribution in [2.45, 2.75) is 37.9 Å². The number of rotatable bonds is 6. The molecule has 0 bridgehead atoms. The van der Waals surface area contributed by atoms with Crippen molar-refractivity contribution in [2.75, 3.05) is 57.4 Å². The van der Waals surface area contributed by atoms with Crippen molar-refractivity contribution in [2.24, 2.45) is 0 Å². The third kappa shape index (κ3) is 6.01. The molecule has 0 spiro atoms. The molecule has 4 rings (SSSR count). The van der Waals surface area contributed by atoms with Gasteiger partial charge in [-0.1, -0.05) is 29.8 Å². The molecule has 2 aromatic rings. The molecule has 2 saturated heterocycles. The Hall–Kier alpha value is -2.12. The van der Waals surface area contributed by atoms with Crippen LogP contribution >= 0.6 is 0 Å². The van der Waals surface area contributed by atoms with Crippen molar-refractivity contribution in [3.8, 4) is 5.75 Å². The monoisotopic (exact) mass is 440 g/mol. The maximum absolute atomic E-state index is 11.3. The van der Waals surface area contributed by atoms with E-state index >= 15 is 0 Å². The van der Waals surface area contributed by atoms with Gasteiger partial charge < -0.3 is 24.6 Å². The SMILES string of the molecule is Cc1ccc(N2CCC(O)(CN3CCOCC(O)(COc4cccc(C)c4)C3)CC2)cc1. The second kappa shape index (κ2) is 9.79. The molecule has 0 aromatic heterocycles. The van der Waals surface area contributed by atoms with Gasteiger partial charge in [0.15, 0.2) is 0 Å². The third-order valence-electron chi connectivity index (χ3n) is 6.55. The van der Waals surface area contributed by atoms with Gasteiger partial charge in [-0.3, -0.25) is 4.90 Å². The van der Waals surface area contributed by atoms with E-state index in [0.29, 0.717) is 39.1 Å². The standard InChI is InChI=1S/C26H36N2O4/c1-21-6-8-23(9-7-21)28-12-10-25(29,11-13-28)17-27-14-15-31-19-26(30,18-27)20-32-24-5-3-4-22(2)16-24/h3-9,16,29-30H,10-15,17-20H2,1-2H3. The first-order valence-corrected chi connectivity index (χ1v) is 11.6. The molecule has 0 saturated carbocycles. The highest BCUT2D eigenvalue weighted by Gasteiger charge is 2.39. The summed E-state index contributed by atoms with van der Waals surface area (Å²) < 4.78 is 11.6. The molecule has 1 unspecified atom stereocenters. The summed E-state index contributed by atoms with van der Waals surface area (Å²) in [6.07, 6.45) is 1.41. The van der Waals surface area contributed by atoms with E-state index in [1.165, 1.54) is 11.3 Å². The van der Waals surface area contributed by atoms with Gasteiger partial charge in [-0.15, -0.1) is 0 Å². The smallest absolute Gasteiger partial charge is 0.134 e. The molecule has 32 heavy (non-hydrogen) atoms. The lowest BCUT2D eigenvalue weighted by Crippen LogP contribution is -2.55. The largest absolute Gasteiger partial charge is 0.490 e. The highest BCUT2D eigenvalue weighted by Crippen LogP contribution is 2.28. The van der Waals surface area contributed by atoms with E-state index in [1.54, 1.807) is 0 Å². The lowest BCUT2D eigenvalue weighted by molar-refractivity contribution is -0.0742. The van der Waals surface area contributed by atoms with Crippen molar-refractivity contribution >= 4 is 5.69 Å². The average Bonchev–Trinajstić information content (AvgIpc) is 2.95. The zero-order valence-corrected chi connectivity index (χ0v) is 19.3. The van der Waals surface area contributed by atoms with E-state index in [0.717, 1.165) is 24.4 Å². The van der Waals surface area contributed by atoms with Gasteiger partial charge in [-0.2, -0.15) is 0 Å². The number of aryl methyl sites for hydroxylation is 2. The summed E-state index contributed by atoms with van der Waals surface area (Å²) in [5, 5.41) is 22.5. The summed E-state index contributed by atoms with van der Waals surface area (Å²) in [6, 6.07) is 16.4. The predicted octanol–water partition coefficient (Wildman–Crippen LogP) is 2.78. The van der Waals surface area contributed by atoms with Crippen molar-refractivity contribution in [1.29, 1.82) is 0 Å². The van der Waals surface area contributed by atoms with Crippen LogP contribution < -0.4 is 9.64 Å². The van der Waals surface area contributed by atoms with Gasteiger partial charge in [-0.25, -0.2) is 0 Å². The molecule has 2 N–H and O–H groups in total. The number of piperidine rings is 1. The lowest BCUT2D eigenvalue weighted by atomic mass is 9.90. The molecule has 1 atom stereocenters. The fourth-order valence-electron chi connectivity index (χ4n) is 4.65. The molecule has 2 aliphatic rings. The van der Waals surface area contributed by atoms with Crippen molar-refractivity contribution in [3.05, 3.63) is 59.7 Å². The summed E-state index contributed by atoms with van der Waals surface area (Å²) in [5.74, 6) is 0.747. The van der Waals surface area contributed by atoms with Crippen LogP contribution in [0.3, 0.4) is 0 Å². The van der Waals surface area contributed by atoms with E-state index in [2.05, 4.69) is 41.0 Å². The Morgan fingerprint density at radius 2 is 1.69 bits per heavy atom. The zero-order chi connectivity index (χ0) is 22.6. The maximum atomic E-state index is 11.3. The number of hydrogen-bond donors (Lipinski definition) is 2. The van der Waals surface area contributed by atoms with Crippen LogP contribution in [0.5, 0.6) is 5.75 Å². The molecule has 0 radical (unpaired) electrons. The van der Waals surface area contributed by atoms with Crippen LogP contribution in [-0.4, -0.2) is 78.9 Å². The Morgan fingerprint density at radius 1 is 0.938 bits per heavy atom. The van der Waals surface area contributed by atoms with Crippen LogP contribution in [0.2, 0.25) is 0 Å². The van der Waals surface area contributed by atoms with Crippen molar-refractivity contribution in [1.82, 2.24) is 4.90 Å². The number of benzene rings is 2. The minimum atomic E-state index is -1.11. The molecule has 2 fully saturated rings. The third-order valence-corrected chi connectivity index (χ3v) is 6.55. The highest BCUT2D eigenvalue weighted by molar-refractivity contribution is 5.48. The Balaban J connectivity index is 1.33. The summed E-state index contributed by atoms with van der Waals surface area (Å²) in [5.41, 5.74) is 1.71. The topological polar surface area (TPSA) is 65.4 Å². The van der Waals surface area contributed by atoms with Gasteiger partial charge in [0, 0.05) is 38.4 Å². The Morgan fingerprint density at radius 3 is 2.41 bits per heavy atom. The van der Waals surface area contributed by atoms with Gasteiger partial charge in [-0.05, 0) is 56.5 Å². The minimum Gasteiger partial charge on any atom is -0.490 e. The molecule has 6 heteroatoms. The first-order chi connectivity index (χ1) is 15.3. The summed E-state index contributed by atoms with van der Waals surface area (Å²) in [7, 11) is 0. The molecule has 0 amide bonds. The van der Waals surface area contributed by atoms with Gasteiger partial charge in [0.05, 0.1) is 18.8 Å². The first-order valence-electron chi connectivity index (χ1n) is 11.6. The first kappa shape index (κ1) is 23.1.